The zero-order valence-corrected chi connectivity index (χ0v) is 20.5. The molecule has 0 bridgehead atoms. The van der Waals surface area contributed by atoms with Gasteiger partial charge in [0.2, 0.25) is 5.91 Å². The number of hydrogen-bond donors (Lipinski definition) is 1. The lowest BCUT2D eigenvalue weighted by molar-refractivity contribution is -0.132. The van der Waals surface area contributed by atoms with Crippen LogP contribution in [0.15, 0.2) is 36.4 Å². The van der Waals surface area contributed by atoms with E-state index < -0.39 is 0 Å². The highest BCUT2D eigenvalue weighted by atomic mass is 35.5. The standard InChI is InChI=1S/C24H33ClN6O2/c1-17(2)15-31(24(33)26-18(3)4)16-23(32)30-13-11-29(12-14-30)22-10-9-21(27-28-22)19-7-5-6-8-20(19)25/h5-10,17-18H,11-16H2,1-4H3,(H,26,33). The van der Waals surface area contributed by atoms with Gasteiger partial charge in [-0.05, 0) is 38.0 Å². The van der Waals surface area contributed by atoms with Gasteiger partial charge in [0, 0.05) is 44.3 Å². The molecule has 33 heavy (non-hydrogen) atoms. The Morgan fingerprint density at radius 2 is 1.73 bits per heavy atom. The summed E-state index contributed by atoms with van der Waals surface area (Å²) in [5.41, 5.74) is 1.57. The Morgan fingerprint density at radius 1 is 1.03 bits per heavy atom. The van der Waals surface area contributed by atoms with E-state index in [4.69, 9.17) is 11.6 Å². The van der Waals surface area contributed by atoms with Gasteiger partial charge in [-0.15, -0.1) is 10.2 Å². The fourth-order valence-corrected chi connectivity index (χ4v) is 3.99. The van der Waals surface area contributed by atoms with Crippen LogP contribution in [0.25, 0.3) is 11.3 Å². The van der Waals surface area contributed by atoms with Gasteiger partial charge >= 0.3 is 6.03 Å². The quantitative estimate of drug-likeness (QED) is 0.666. The first-order valence-corrected chi connectivity index (χ1v) is 11.8. The Balaban J connectivity index is 1.56. The number of urea groups is 1. The lowest BCUT2D eigenvalue weighted by atomic mass is 10.1. The van der Waals surface area contributed by atoms with Crippen LogP contribution in [0.1, 0.15) is 27.7 Å². The molecular formula is C24H33ClN6O2. The number of carbonyl (C=O) groups excluding carboxylic acids is 2. The number of nitrogens with one attached hydrogen (secondary N) is 1. The van der Waals surface area contributed by atoms with Crippen molar-refractivity contribution >= 4 is 29.4 Å². The Labute approximate surface area is 200 Å². The lowest BCUT2D eigenvalue weighted by Gasteiger charge is -2.36. The van der Waals surface area contributed by atoms with Crippen LogP contribution in [0.4, 0.5) is 10.6 Å². The van der Waals surface area contributed by atoms with Crippen molar-refractivity contribution in [2.24, 2.45) is 5.92 Å². The maximum atomic E-state index is 12.9. The second-order valence-corrected chi connectivity index (χ2v) is 9.41. The minimum atomic E-state index is -0.195. The average molecular weight is 473 g/mol. The van der Waals surface area contributed by atoms with Gasteiger partial charge in [-0.1, -0.05) is 43.6 Å². The van der Waals surface area contributed by atoms with E-state index >= 15 is 0 Å². The van der Waals surface area contributed by atoms with Crippen molar-refractivity contribution in [2.45, 2.75) is 33.7 Å². The molecule has 1 N–H and O–H groups in total. The Hall–Kier alpha value is -2.87. The molecule has 1 aliphatic heterocycles. The van der Waals surface area contributed by atoms with Gasteiger partial charge in [0.05, 0.1) is 10.7 Å². The van der Waals surface area contributed by atoms with E-state index in [-0.39, 0.29) is 30.4 Å². The van der Waals surface area contributed by atoms with Gasteiger partial charge in [0.1, 0.15) is 6.54 Å². The second-order valence-electron chi connectivity index (χ2n) is 9.00. The lowest BCUT2D eigenvalue weighted by Crippen LogP contribution is -2.54. The number of amides is 3. The number of halogens is 1. The van der Waals surface area contributed by atoms with E-state index in [1.807, 2.05) is 69.0 Å². The molecule has 1 fully saturated rings. The summed E-state index contributed by atoms with van der Waals surface area (Å²) in [5, 5.41) is 12.2. The average Bonchev–Trinajstić information content (AvgIpc) is 2.78. The number of hydrogen-bond acceptors (Lipinski definition) is 5. The van der Waals surface area contributed by atoms with Crippen molar-refractivity contribution < 1.29 is 9.59 Å². The molecule has 1 aromatic heterocycles. The van der Waals surface area contributed by atoms with Crippen LogP contribution < -0.4 is 10.2 Å². The van der Waals surface area contributed by atoms with Crippen molar-refractivity contribution in [2.75, 3.05) is 44.2 Å². The molecule has 2 aromatic rings. The summed E-state index contributed by atoms with van der Waals surface area (Å²) in [7, 11) is 0. The van der Waals surface area contributed by atoms with Crippen LogP contribution in [0.2, 0.25) is 5.02 Å². The second kappa shape index (κ2) is 11.3. The SMILES string of the molecule is CC(C)CN(CC(=O)N1CCN(c2ccc(-c3ccccc3Cl)nn2)CC1)C(=O)NC(C)C. The van der Waals surface area contributed by atoms with Crippen LogP contribution in [0, 0.1) is 5.92 Å². The molecule has 178 valence electrons. The maximum absolute atomic E-state index is 12.9. The first-order chi connectivity index (χ1) is 15.7. The van der Waals surface area contributed by atoms with Crippen molar-refractivity contribution in [3.05, 3.63) is 41.4 Å². The maximum Gasteiger partial charge on any atom is 0.318 e. The predicted octanol–water partition coefficient (Wildman–Crippen LogP) is 3.52. The van der Waals surface area contributed by atoms with Gasteiger partial charge < -0.3 is 20.0 Å². The molecule has 9 heteroatoms. The molecule has 3 rings (SSSR count). The fourth-order valence-electron chi connectivity index (χ4n) is 3.75. The largest absolute Gasteiger partial charge is 0.352 e. The molecule has 1 saturated heterocycles. The number of anilines is 1. The molecule has 0 saturated carbocycles. The molecule has 0 aliphatic carbocycles. The molecule has 0 atom stereocenters. The van der Waals surface area contributed by atoms with E-state index in [1.165, 1.54) is 0 Å². The number of carbonyl (C=O) groups is 2. The summed E-state index contributed by atoms with van der Waals surface area (Å²) < 4.78 is 0. The van der Waals surface area contributed by atoms with E-state index in [9.17, 15) is 9.59 Å². The third kappa shape index (κ3) is 6.81. The van der Waals surface area contributed by atoms with Crippen LogP contribution in [-0.4, -0.2) is 77.2 Å². The normalized spacial score (nSPS) is 14.0. The summed E-state index contributed by atoms with van der Waals surface area (Å²) in [6.07, 6.45) is 0. The highest BCUT2D eigenvalue weighted by Gasteiger charge is 2.26. The van der Waals surface area contributed by atoms with E-state index in [1.54, 1.807) is 4.90 Å². The summed E-state index contributed by atoms with van der Waals surface area (Å²) in [5.74, 6) is 1.02. The smallest absolute Gasteiger partial charge is 0.318 e. The minimum Gasteiger partial charge on any atom is -0.352 e. The number of benzene rings is 1. The highest BCUT2D eigenvalue weighted by Crippen LogP contribution is 2.26. The van der Waals surface area contributed by atoms with Gasteiger partial charge in [-0.2, -0.15) is 0 Å². The van der Waals surface area contributed by atoms with Crippen LogP contribution in [-0.2, 0) is 4.79 Å². The number of nitrogens with zero attached hydrogens (tertiary/aromatic N) is 5. The summed E-state index contributed by atoms with van der Waals surface area (Å²) >= 11 is 6.26. The fraction of sp³-hybridized carbons (Fsp3) is 0.500. The molecular weight excluding hydrogens is 440 g/mol. The Kier molecular flexibility index (Phi) is 8.49. The van der Waals surface area contributed by atoms with Gasteiger partial charge in [0.15, 0.2) is 5.82 Å². The van der Waals surface area contributed by atoms with Crippen LogP contribution in [0.3, 0.4) is 0 Å². The molecule has 0 radical (unpaired) electrons. The van der Waals surface area contributed by atoms with E-state index in [0.29, 0.717) is 37.7 Å². The van der Waals surface area contributed by atoms with E-state index in [0.717, 1.165) is 17.1 Å². The van der Waals surface area contributed by atoms with Crippen LogP contribution in [0.5, 0.6) is 0 Å². The first-order valence-electron chi connectivity index (χ1n) is 11.4. The third-order valence-electron chi connectivity index (χ3n) is 5.37. The topological polar surface area (TPSA) is 81.7 Å². The number of piperazine rings is 1. The monoisotopic (exact) mass is 472 g/mol. The zero-order chi connectivity index (χ0) is 24.0. The molecule has 0 spiro atoms. The van der Waals surface area contributed by atoms with Gasteiger partial charge in [-0.25, -0.2) is 4.79 Å². The van der Waals surface area contributed by atoms with Crippen molar-refractivity contribution in [1.82, 2.24) is 25.3 Å². The highest BCUT2D eigenvalue weighted by molar-refractivity contribution is 6.33. The summed E-state index contributed by atoms with van der Waals surface area (Å²) in [6.45, 7) is 11.0. The minimum absolute atomic E-state index is 0.0243. The predicted molar refractivity (Wildman–Crippen MR) is 131 cm³/mol. The zero-order valence-electron chi connectivity index (χ0n) is 19.8. The summed E-state index contributed by atoms with van der Waals surface area (Å²) in [4.78, 5) is 31.0. The first kappa shape index (κ1) is 24.8. The number of aromatic nitrogens is 2. The third-order valence-corrected chi connectivity index (χ3v) is 5.70. The van der Waals surface area contributed by atoms with Gasteiger partial charge in [-0.3, -0.25) is 4.79 Å². The summed E-state index contributed by atoms with van der Waals surface area (Å²) in [6, 6.07) is 11.2. The van der Waals surface area contributed by atoms with Crippen molar-refractivity contribution in [3.8, 4) is 11.3 Å². The molecule has 8 nitrogen and oxygen atoms in total. The van der Waals surface area contributed by atoms with Crippen molar-refractivity contribution in [1.29, 1.82) is 0 Å². The van der Waals surface area contributed by atoms with Crippen LogP contribution >= 0.6 is 11.6 Å². The van der Waals surface area contributed by atoms with Gasteiger partial charge in [0.25, 0.3) is 0 Å². The van der Waals surface area contributed by atoms with E-state index in [2.05, 4.69) is 20.4 Å². The Bertz CT molecular complexity index is 942. The molecule has 1 aliphatic rings. The molecule has 2 heterocycles. The number of rotatable bonds is 7. The molecule has 3 amide bonds. The Morgan fingerprint density at radius 3 is 2.30 bits per heavy atom. The molecule has 1 aromatic carbocycles. The van der Waals surface area contributed by atoms with Crippen molar-refractivity contribution in [3.63, 3.8) is 0 Å². The molecule has 0 unspecified atom stereocenters.